The van der Waals surface area contributed by atoms with Crippen LogP contribution in [0.2, 0.25) is 0 Å². The number of thiophene rings is 1. The summed E-state index contributed by atoms with van der Waals surface area (Å²) < 4.78 is 0. The molecule has 2 aromatic heterocycles. The van der Waals surface area contributed by atoms with Crippen molar-refractivity contribution in [2.45, 2.75) is 6.10 Å². The lowest BCUT2D eigenvalue weighted by molar-refractivity contribution is -0.384. The summed E-state index contributed by atoms with van der Waals surface area (Å²) in [5.74, 6) is 0.643. The van der Waals surface area contributed by atoms with Gasteiger partial charge in [-0.1, -0.05) is 30.3 Å². The summed E-state index contributed by atoms with van der Waals surface area (Å²) in [6.07, 6.45) is 0.673. The van der Waals surface area contributed by atoms with Crippen LogP contribution >= 0.6 is 11.3 Å². The Labute approximate surface area is 164 Å². The molecule has 0 fully saturated rings. The van der Waals surface area contributed by atoms with Gasteiger partial charge in [0.25, 0.3) is 5.69 Å². The number of hydrogen-bond donors (Lipinski definition) is 2. The third-order valence-electron chi connectivity index (χ3n) is 4.34. The van der Waals surface area contributed by atoms with E-state index in [1.807, 2.05) is 36.4 Å². The van der Waals surface area contributed by atoms with Gasteiger partial charge in [0.2, 0.25) is 0 Å². The minimum atomic E-state index is -0.821. The Morgan fingerprint density at radius 2 is 1.86 bits per heavy atom. The van der Waals surface area contributed by atoms with E-state index in [4.69, 9.17) is 0 Å². The van der Waals surface area contributed by atoms with Crippen LogP contribution in [0.1, 0.15) is 11.7 Å². The van der Waals surface area contributed by atoms with Crippen molar-refractivity contribution >= 4 is 33.1 Å². The van der Waals surface area contributed by atoms with Gasteiger partial charge in [0.1, 0.15) is 17.0 Å². The fourth-order valence-corrected chi connectivity index (χ4v) is 3.87. The number of benzene rings is 2. The maximum atomic E-state index is 10.7. The highest BCUT2D eigenvalue weighted by molar-refractivity contribution is 7.21. The first-order valence-corrected chi connectivity index (χ1v) is 9.40. The summed E-state index contributed by atoms with van der Waals surface area (Å²) in [7, 11) is 0. The number of aliphatic hydroxyl groups is 1. The van der Waals surface area contributed by atoms with E-state index in [1.54, 1.807) is 23.5 Å². The van der Waals surface area contributed by atoms with Gasteiger partial charge < -0.3 is 10.4 Å². The van der Waals surface area contributed by atoms with Gasteiger partial charge in [-0.05, 0) is 29.3 Å². The molecule has 28 heavy (non-hydrogen) atoms. The second-order valence-electron chi connectivity index (χ2n) is 6.16. The minimum absolute atomic E-state index is 0.00636. The summed E-state index contributed by atoms with van der Waals surface area (Å²) in [5, 5.41) is 25.2. The van der Waals surface area contributed by atoms with Crippen LogP contribution in [0.4, 0.5) is 11.5 Å². The third kappa shape index (κ3) is 3.68. The van der Waals surface area contributed by atoms with Crippen molar-refractivity contribution in [1.29, 1.82) is 0 Å². The molecular formula is C20H16N4O3S. The molecule has 2 N–H and O–H groups in total. The maximum Gasteiger partial charge on any atom is 0.269 e. The Hall–Kier alpha value is -3.36. The van der Waals surface area contributed by atoms with Crippen molar-refractivity contribution in [3.63, 3.8) is 0 Å². The average Bonchev–Trinajstić information content (AvgIpc) is 3.17. The fourth-order valence-electron chi connectivity index (χ4n) is 2.87. The first-order valence-electron chi connectivity index (χ1n) is 8.58. The summed E-state index contributed by atoms with van der Waals surface area (Å²) in [6, 6.07) is 18.0. The molecule has 1 atom stereocenters. The topological polar surface area (TPSA) is 101 Å². The maximum absolute atomic E-state index is 10.7. The predicted molar refractivity (Wildman–Crippen MR) is 109 cm³/mol. The van der Waals surface area contributed by atoms with E-state index < -0.39 is 11.0 Å². The van der Waals surface area contributed by atoms with Gasteiger partial charge in [0.15, 0.2) is 0 Å². The molecule has 4 aromatic rings. The molecule has 8 heteroatoms. The molecule has 7 nitrogen and oxygen atoms in total. The summed E-state index contributed by atoms with van der Waals surface area (Å²) >= 11 is 1.58. The summed E-state index contributed by atoms with van der Waals surface area (Å²) in [5.41, 5.74) is 1.70. The molecule has 0 amide bonds. The van der Waals surface area contributed by atoms with E-state index in [2.05, 4.69) is 15.3 Å². The van der Waals surface area contributed by atoms with E-state index in [1.165, 1.54) is 18.5 Å². The number of rotatable bonds is 6. The van der Waals surface area contributed by atoms with Crippen LogP contribution in [0.15, 0.2) is 67.0 Å². The molecule has 0 aliphatic carbocycles. The van der Waals surface area contributed by atoms with Gasteiger partial charge in [-0.3, -0.25) is 10.1 Å². The van der Waals surface area contributed by atoms with Crippen molar-refractivity contribution in [3.05, 3.63) is 82.7 Å². The zero-order chi connectivity index (χ0) is 19.5. The Bertz CT molecular complexity index is 1110. The second kappa shape index (κ2) is 7.71. The molecular weight excluding hydrogens is 376 g/mol. The average molecular weight is 392 g/mol. The smallest absolute Gasteiger partial charge is 0.269 e. The number of nitrogens with zero attached hydrogens (tertiary/aromatic N) is 3. The summed E-state index contributed by atoms with van der Waals surface area (Å²) in [4.78, 5) is 20.9. The second-order valence-corrected chi connectivity index (χ2v) is 7.19. The highest BCUT2D eigenvalue weighted by Crippen LogP contribution is 2.35. The SMILES string of the molecule is O=[N+]([O-])c1ccc([C@H](O)CNc2ncnc3sc(-c4ccccc4)cc23)cc1. The number of aliphatic hydroxyl groups excluding tert-OH is 1. The molecule has 4 rings (SSSR count). The van der Waals surface area contributed by atoms with Gasteiger partial charge in [-0.2, -0.15) is 0 Å². The van der Waals surface area contributed by atoms with Gasteiger partial charge >= 0.3 is 0 Å². The number of anilines is 1. The van der Waals surface area contributed by atoms with Crippen LogP contribution in [-0.4, -0.2) is 26.5 Å². The normalized spacial score (nSPS) is 12.0. The van der Waals surface area contributed by atoms with E-state index in [0.717, 1.165) is 20.7 Å². The van der Waals surface area contributed by atoms with Crippen LogP contribution in [0.5, 0.6) is 0 Å². The van der Waals surface area contributed by atoms with Crippen molar-refractivity contribution in [3.8, 4) is 10.4 Å². The number of nitrogens with one attached hydrogen (secondary N) is 1. The van der Waals surface area contributed by atoms with Crippen LogP contribution in [0, 0.1) is 10.1 Å². The molecule has 0 aliphatic heterocycles. The van der Waals surface area contributed by atoms with Gasteiger partial charge in [-0.25, -0.2) is 9.97 Å². The number of fused-ring (bicyclic) bond motifs is 1. The van der Waals surface area contributed by atoms with E-state index >= 15 is 0 Å². The Morgan fingerprint density at radius 1 is 1.11 bits per heavy atom. The number of hydrogen-bond acceptors (Lipinski definition) is 7. The Morgan fingerprint density at radius 3 is 2.57 bits per heavy atom. The molecule has 0 saturated heterocycles. The van der Waals surface area contributed by atoms with E-state index in [0.29, 0.717) is 11.4 Å². The highest BCUT2D eigenvalue weighted by Gasteiger charge is 2.13. The van der Waals surface area contributed by atoms with Gasteiger partial charge in [0, 0.05) is 23.6 Å². The molecule has 0 saturated carbocycles. The summed E-state index contributed by atoms with van der Waals surface area (Å²) in [6.45, 7) is 0.223. The molecule has 0 spiro atoms. The van der Waals surface area contributed by atoms with Crippen molar-refractivity contribution in [2.24, 2.45) is 0 Å². The number of aromatic nitrogens is 2. The van der Waals surface area contributed by atoms with Crippen LogP contribution in [0.3, 0.4) is 0 Å². The van der Waals surface area contributed by atoms with E-state index in [-0.39, 0.29) is 12.2 Å². The van der Waals surface area contributed by atoms with E-state index in [9.17, 15) is 15.2 Å². The van der Waals surface area contributed by atoms with Crippen LogP contribution in [0.25, 0.3) is 20.7 Å². The molecule has 0 radical (unpaired) electrons. The molecule has 0 aliphatic rings. The monoisotopic (exact) mass is 392 g/mol. The standard InChI is InChI=1S/C20H16N4O3S/c25-17(13-6-8-15(9-7-13)24(26)27)11-21-19-16-10-18(14-4-2-1-3-5-14)28-20(16)23-12-22-19/h1-10,12,17,25H,11H2,(H,21,22,23)/t17-/m1/s1. The minimum Gasteiger partial charge on any atom is -0.387 e. The quantitative estimate of drug-likeness (QED) is 0.372. The third-order valence-corrected chi connectivity index (χ3v) is 5.43. The highest BCUT2D eigenvalue weighted by atomic mass is 32.1. The lowest BCUT2D eigenvalue weighted by Gasteiger charge is -2.13. The molecule has 0 bridgehead atoms. The van der Waals surface area contributed by atoms with Crippen molar-refractivity contribution in [2.75, 3.05) is 11.9 Å². The van der Waals surface area contributed by atoms with Gasteiger partial charge in [-0.15, -0.1) is 11.3 Å². The lowest BCUT2D eigenvalue weighted by atomic mass is 10.1. The fraction of sp³-hybridized carbons (Fsp3) is 0.100. The molecule has 2 heterocycles. The molecule has 2 aromatic carbocycles. The molecule has 0 unspecified atom stereocenters. The van der Waals surface area contributed by atoms with Crippen molar-refractivity contribution < 1.29 is 10.0 Å². The molecule has 140 valence electrons. The number of nitro groups is 1. The zero-order valence-corrected chi connectivity index (χ0v) is 15.5. The first kappa shape index (κ1) is 18.0. The number of nitro benzene ring substituents is 1. The predicted octanol–water partition coefficient (Wildman–Crippen LogP) is 4.41. The van der Waals surface area contributed by atoms with Crippen LogP contribution in [-0.2, 0) is 0 Å². The first-order chi connectivity index (χ1) is 13.6. The van der Waals surface area contributed by atoms with Crippen molar-refractivity contribution in [1.82, 2.24) is 9.97 Å². The zero-order valence-electron chi connectivity index (χ0n) is 14.6. The van der Waals surface area contributed by atoms with Gasteiger partial charge in [0.05, 0.1) is 16.4 Å². The largest absolute Gasteiger partial charge is 0.387 e. The Kier molecular flexibility index (Phi) is 4.96. The number of non-ortho nitro benzene ring substituents is 1. The Balaban J connectivity index is 1.53. The lowest BCUT2D eigenvalue weighted by Crippen LogP contribution is -2.13. The van der Waals surface area contributed by atoms with Crippen LogP contribution < -0.4 is 5.32 Å².